The molecule has 0 spiro atoms. The summed E-state index contributed by atoms with van der Waals surface area (Å²) in [6.45, 7) is 2.08. The number of carbonyl (C=O) groups is 2. The van der Waals surface area contributed by atoms with Crippen LogP contribution >= 0.6 is 0 Å². The number of rotatable bonds is 12. The Morgan fingerprint density at radius 2 is 1.65 bits per heavy atom. The summed E-state index contributed by atoms with van der Waals surface area (Å²) < 4.78 is 26.9. The number of thiol groups is 1. The average molecular weight is 371 g/mol. The van der Waals surface area contributed by atoms with Crippen LogP contribution in [0.1, 0.15) is 58.3 Å². The molecule has 0 saturated heterocycles. The molecular formula is C13H27NNa2O6S. The topological polar surface area (TPSA) is 124 Å². The van der Waals surface area contributed by atoms with E-state index in [2.05, 4.69) is 6.92 Å². The van der Waals surface area contributed by atoms with Crippen LogP contribution in [-0.4, -0.2) is 96.1 Å². The molecule has 0 aromatic carbocycles. The van der Waals surface area contributed by atoms with Crippen molar-refractivity contribution in [1.29, 1.82) is 0 Å². The molecule has 0 aliphatic carbocycles. The molecule has 2 atom stereocenters. The van der Waals surface area contributed by atoms with Crippen LogP contribution in [0.15, 0.2) is 0 Å². The molecule has 128 valence electrons. The molecule has 0 aromatic heterocycles. The molecule has 0 bridgehead atoms. The van der Waals surface area contributed by atoms with Gasteiger partial charge in [-0.25, -0.2) is 8.42 Å². The first-order chi connectivity index (χ1) is 9.88. The molecule has 0 saturated carbocycles. The molecule has 0 fully saturated rings. The first-order valence-electron chi connectivity index (χ1n) is 7.19. The number of nitrogens with two attached hydrogens (primary N) is 1. The molecule has 0 aromatic rings. The predicted octanol–water partition coefficient (Wildman–Crippen LogP) is -0.277. The second-order valence-electron chi connectivity index (χ2n) is 4.92. The maximum atomic E-state index is 11.5. The van der Waals surface area contributed by atoms with Gasteiger partial charge in [0.15, 0.2) is 16.1 Å². The monoisotopic (exact) mass is 371 g/mol. The van der Waals surface area contributed by atoms with Gasteiger partial charge in [-0.15, -0.1) is 0 Å². The second-order valence-corrected chi connectivity index (χ2v) is 6.06. The SMILES string of the molecule is CCCCCCCC(OC(=O)CC[C@H](N)C(=O)O)[SH](=O)=O.[NaH].[NaH]. The molecule has 0 heterocycles. The zero-order valence-corrected chi connectivity index (χ0v) is 13.2. The molecule has 7 nitrogen and oxygen atoms in total. The number of esters is 1. The van der Waals surface area contributed by atoms with Crippen molar-refractivity contribution in [2.45, 2.75) is 69.8 Å². The number of hydrogen-bond donors (Lipinski definition) is 3. The van der Waals surface area contributed by atoms with Crippen LogP contribution < -0.4 is 5.73 Å². The van der Waals surface area contributed by atoms with E-state index in [4.69, 9.17) is 15.6 Å². The van der Waals surface area contributed by atoms with Gasteiger partial charge in [0.1, 0.15) is 6.04 Å². The van der Waals surface area contributed by atoms with Crippen LogP contribution in [0, 0.1) is 0 Å². The van der Waals surface area contributed by atoms with Gasteiger partial charge in [0.2, 0.25) is 0 Å². The van der Waals surface area contributed by atoms with E-state index in [1.807, 2.05) is 0 Å². The summed E-state index contributed by atoms with van der Waals surface area (Å²) in [4.78, 5) is 22.0. The van der Waals surface area contributed by atoms with E-state index >= 15 is 0 Å². The van der Waals surface area contributed by atoms with E-state index in [0.29, 0.717) is 6.42 Å². The Morgan fingerprint density at radius 3 is 2.13 bits per heavy atom. The summed E-state index contributed by atoms with van der Waals surface area (Å²) in [5.41, 5.74) is 4.13. The summed E-state index contributed by atoms with van der Waals surface area (Å²) >= 11 is 0. The third-order valence-corrected chi connectivity index (χ3v) is 3.87. The number of carbonyl (C=O) groups excluding carboxylic acids is 1. The van der Waals surface area contributed by atoms with E-state index in [-0.39, 0.29) is 78.4 Å². The van der Waals surface area contributed by atoms with Crippen molar-refractivity contribution >= 4 is 81.8 Å². The zero-order chi connectivity index (χ0) is 16.3. The number of hydrogen-bond acceptors (Lipinski definition) is 6. The van der Waals surface area contributed by atoms with Gasteiger partial charge >= 0.3 is 71.1 Å². The number of ether oxygens (including phenoxy) is 1. The Kier molecular flexibility index (Phi) is 22.0. The summed E-state index contributed by atoms with van der Waals surface area (Å²) in [6, 6.07) is -1.15. The van der Waals surface area contributed by atoms with Gasteiger partial charge in [0, 0.05) is 6.42 Å². The molecule has 10 heteroatoms. The fourth-order valence-electron chi connectivity index (χ4n) is 1.74. The van der Waals surface area contributed by atoms with E-state index < -0.39 is 34.1 Å². The summed E-state index contributed by atoms with van der Waals surface area (Å²) in [5, 5.41) is 8.58. The van der Waals surface area contributed by atoms with Crippen molar-refractivity contribution in [3.05, 3.63) is 0 Å². The van der Waals surface area contributed by atoms with Crippen LogP contribution in [-0.2, 0) is 25.0 Å². The third-order valence-electron chi connectivity index (χ3n) is 3.03. The van der Waals surface area contributed by atoms with Crippen molar-refractivity contribution in [2.75, 3.05) is 0 Å². The van der Waals surface area contributed by atoms with Gasteiger partial charge < -0.3 is 15.6 Å². The minimum absolute atomic E-state index is 0. The number of aliphatic carboxylic acids is 1. The molecule has 3 N–H and O–H groups in total. The Hall–Kier alpha value is 0.850. The van der Waals surface area contributed by atoms with Crippen LogP contribution in [0.5, 0.6) is 0 Å². The van der Waals surface area contributed by atoms with E-state index in [1.165, 1.54) is 0 Å². The molecule has 0 aliphatic heterocycles. The second kappa shape index (κ2) is 17.7. The summed E-state index contributed by atoms with van der Waals surface area (Å²) in [7, 11) is -2.85. The maximum absolute atomic E-state index is 11.5. The molecule has 0 aliphatic rings. The van der Waals surface area contributed by atoms with E-state index in [1.54, 1.807) is 0 Å². The van der Waals surface area contributed by atoms with Gasteiger partial charge in [-0.05, 0) is 19.3 Å². The van der Waals surface area contributed by atoms with Crippen molar-refractivity contribution in [1.82, 2.24) is 0 Å². The van der Waals surface area contributed by atoms with Gasteiger partial charge in [-0.2, -0.15) is 0 Å². The van der Waals surface area contributed by atoms with Crippen molar-refractivity contribution < 1.29 is 27.9 Å². The van der Waals surface area contributed by atoms with Gasteiger partial charge in [-0.3, -0.25) is 9.59 Å². The predicted molar refractivity (Wildman–Crippen MR) is 92.7 cm³/mol. The van der Waals surface area contributed by atoms with Crippen molar-refractivity contribution in [2.24, 2.45) is 5.73 Å². The van der Waals surface area contributed by atoms with Crippen LogP contribution in [0.4, 0.5) is 0 Å². The zero-order valence-electron chi connectivity index (χ0n) is 12.3. The van der Waals surface area contributed by atoms with Crippen molar-refractivity contribution in [3.8, 4) is 0 Å². The summed E-state index contributed by atoms with van der Waals surface area (Å²) in [5.74, 6) is -1.94. The van der Waals surface area contributed by atoms with Gasteiger partial charge in [-0.1, -0.05) is 32.6 Å². The number of carboxylic acid groups (broad SMARTS) is 1. The molecule has 0 rings (SSSR count). The molecule has 23 heavy (non-hydrogen) atoms. The third kappa shape index (κ3) is 16.1. The standard InChI is InChI=1S/C13H25NO6S.2Na.2H/c1-2-3-4-5-6-7-12(21(18)19)20-11(15)9-8-10(14)13(16)17;;;;/h10,12,21H,2-9,14H2,1H3,(H,16,17);;;;/t10-,12?;;;;/m0..../s1. The van der Waals surface area contributed by atoms with Gasteiger partial charge in [0.25, 0.3) is 0 Å². The normalized spacial score (nSPS) is 12.7. The number of unbranched alkanes of at least 4 members (excludes halogenated alkanes) is 4. The van der Waals surface area contributed by atoms with Crippen LogP contribution in [0.3, 0.4) is 0 Å². The molecular weight excluding hydrogens is 344 g/mol. The number of carboxylic acids is 1. The Balaban J connectivity index is -0.00000200. The molecule has 0 radical (unpaired) electrons. The first-order valence-corrected chi connectivity index (χ1v) is 8.44. The van der Waals surface area contributed by atoms with Crippen LogP contribution in [0.2, 0.25) is 0 Å². The Labute approximate surface area is 183 Å². The Morgan fingerprint density at radius 1 is 1.09 bits per heavy atom. The quantitative estimate of drug-likeness (QED) is 0.187. The fourth-order valence-corrected chi connectivity index (χ4v) is 2.33. The van der Waals surface area contributed by atoms with Crippen molar-refractivity contribution in [3.63, 3.8) is 0 Å². The van der Waals surface area contributed by atoms with E-state index in [0.717, 1.165) is 25.7 Å². The Bertz CT molecular complexity index is 398. The fraction of sp³-hybridized carbons (Fsp3) is 0.846. The average Bonchev–Trinajstić information content (AvgIpc) is 2.42. The first kappa shape index (κ1) is 28.6. The van der Waals surface area contributed by atoms with E-state index in [9.17, 15) is 18.0 Å². The van der Waals surface area contributed by atoms with Crippen LogP contribution in [0.25, 0.3) is 0 Å². The molecule has 0 amide bonds. The molecule has 1 unspecified atom stereocenters. The minimum atomic E-state index is -2.85. The van der Waals surface area contributed by atoms with Gasteiger partial charge in [0.05, 0.1) is 0 Å². The summed E-state index contributed by atoms with van der Waals surface area (Å²) in [6.07, 6.45) is 4.79.